The van der Waals surface area contributed by atoms with Gasteiger partial charge in [0.2, 0.25) is 0 Å². The third-order valence-corrected chi connectivity index (χ3v) is 5.41. The van der Waals surface area contributed by atoms with Crippen LogP contribution in [0.3, 0.4) is 0 Å². The van der Waals surface area contributed by atoms with Gasteiger partial charge in [-0.05, 0) is 46.3 Å². The van der Waals surface area contributed by atoms with Gasteiger partial charge in [0.05, 0.1) is 51.7 Å². The Morgan fingerprint density at radius 2 is 1.44 bits per heavy atom. The van der Waals surface area contributed by atoms with E-state index in [9.17, 15) is 40.5 Å². The second-order valence-electron chi connectivity index (χ2n) is 8.66. The lowest BCUT2D eigenvalue weighted by Gasteiger charge is -1.86. The van der Waals surface area contributed by atoms with E-state index in [0.29, 0.717) is 6.04 Å². The van der Waals surface area contributed by atoms with Crippen LogP contribution < -0.4 is 0 Å². The molecule has 3 aliphatic rings. The molecular formula is C18H23BN10O10. The number of aromatic nitrogens is 6. The summed E-state index contributed by atoms with van der Waals surface area (Å²) in [5.41, 5.74) is -0.540. The molecular weight excluding hydrogens is 527 g/mol. The minimum absolute atomic E-state index is 0.0584. The highest BCUT2D eigenvalue weighted by molar-refractivity contribution is 6.44. The van der Waals surface area contributed by atoms with Gasteiger partial charge in [-0.15, -0.1) is 5.10 Å². The second kappa shape index (κ2) is 12.6. The molecule has 0 spiro atoms. The van der Waals surface area contributed by atoms with Gasteiger partial charge in [-0.3, -0.25) is 10.1 Å². The molecule has 3 saturated carbocycles. The van der Waals surface area contributed by atoms with Crippen molar-refractivity contribution in [1.29, 1.82) is 0 Å². The molecule has 39 heavy (non-hydrogen) atoms. The average Bonchev–Trinajstić information content (AvgIpc) is 3.86. The number of hydrogen-bond acceptors (Lipinski definition) is 13. The normalized spacial score (nSPS) is 15.3. The Bertz CT molecular complexity index is 1270. The molecule has 0 bridgehead atoms. The summed E-state index contributed by atoms with van der Waals surface area (Å²) in [7, 11) is -1.04. The van der Waals surface area contributed by atoms with E-state index in [1.165, 1.54) is 23.0 Å². The van der Waals surface area contributed by atoms with Crippen LogP contribution in [0.2, 0.25) is 5.82 Å². The zero-order valence-electron chi connectivity index (χ0n) is 20.1. The predicted octanol–water partition coefficient (Wildman–Crippen LogP) is 2.10. The van der Waals surface area contributed by atoms with Gasteiger partial charge < -0.3 is 40.4 Å². The first-order valence-electron chi connectivity index (χ1n) is 11.5. The summed E-state index contributed by atoms with van der Waals surface area (Å²) in [6.07, 6.45) is 10.0. The van der Waals surface area contributed by atoms with Crippen LogP contribution in [0.4, 0.5) is 23.1 Å². The van der Waals surface area contributed by atoms with E-state index in [4.69, 9.17) is 10.0 Å². The van der Waals surface area contributed by atoms with E-state index in [1.807, 2.05) is 0 Å². The number of nitrogens with zero attached hydrogens (tertiary/aromatic N) is 9. The topological polar surface area (TPSA) is 277 Å². The van der Waals surface area contributed by atoms with Crippen molar-refractivity contribution in [2.45, 2.75) is 56.4 Å². The molecule has 3 fully saturated rings. The summed E-state index contributed by atoms with van der Waals surface area (Å²) in [4.78, 5) is 38.2. The minimum Gasteiger partial charge on any atom is -0.427 e. The molecule has 208 valence electrons. The molecule has 0 radical (unpaired) electrons. The molecule has 3 heterocycles. The lowest BCUT2D eigenvalue weighted by atomic mass is 9.84. The van der Waals surface area contributed by atoms with Crippen LogP contribution in [0, 0.1) is 40.5 Å². The maximum absolute atomic E-state index is 10.4. The molecule has 6 rings (SSSR count). The highest BCUT2D eigenvalue weighted by Gasteiger charge is 2.36. The Balaban J connectivity index is 0.000000151. The van der Waals surface area contributed by atoms with Crippen molar-refractivity contribution < 1.29 is 29.7 Å². The standard InChI is InChI=1S/C6H6N4O4.C6H7N3O2.C3H7BO2.C3H3N3O2/c11-9(12)5-3-8(4-1-2-4)7-6(5)10(13)14;10-9(11)6-3-4-8(7-6)5-1-2-5;5-4(6)3-1-2-3;7-6(8)3-1-2-4-5-3/h3-4H,1-2H2;3-5H,1-2H2;3,5-6H,1-2H2;1-2H,(H,4,5). The number of hydrogen-bond donors (Lipinski definition) is 3. The van der Waals surface area contributed by atoms with Gasteiger partial charge in [0.15, 0.2) is 0 Å². The summed E-state index contributed by atoms with van der Waals surface area (Å²) in [5, 5.41) is 70.2. The number of H-pyrrole nitrogens is 1. The van der Waals surface area contributed by atoms with Crippen molar-refractivity contribution >= 4 is 30.3 Å². The van der Waals surface area contributed by atoms with Crippen molar-refractivity contribution in [3.05, 3.63) is 71.2 Å². The summed E-state index contributed by atoms with van der Waals surface area (Å²) in [6, 6.07) is 3.24. The first-order chi connectivity index (χ1) is 18.5. The van der Waals surface area contributed by atoms with Crippen molar-refractivity contribution in [1.82, 2.24) is 29.8 Å². The third kappa shape index (κ3) is 8.93. The zero-order valence-corrected chi connectivity index (χ0v) is 20.1. The molecule has 0 amide bonds. The average molecular weight is 550 g/mol. The van der Waals surface area contributed by atoms with Crippen LogP contribution in [0.5, 0.6) is 0 Å². The Kier molecular flexibility index (Phi) is 9.33. The predicted molar refractivity (Wildman–Crippen MR) is 129 cm³/mol. The second-order valence-corrected chi connectivity index (χ2v) is 8.66. The van der Waals surface area contributed by atoms with Crippen LogP contribution in [0.25, 0.3) is 0 Å². The van der Waals surface area contributed by atoms with Crippen molar-refractivity contribution in [2.24, 2.45) is 0 Å². The Hall–Kier alpha value is -4.79. The molecule has 21 heteroatoms. The molecule has 0 saturated heterocycles. The van der Waals surface area contributed by atoms with Crippen LogP contribution >= 0.6 is 0 Å². The number of nitro groups is 4. The fourth-order valence-corrected chi connectivity index (χ4v) is 2.87. The van der Waals surface area contributed by atoms with E-state index < -0.39 is 38.3 Å². The lowest BCUT2D eigenvalue weighted by Crippen LogP contribution is -2.09. The first-order valence-corrected chi connectivity index (χ1v) is 11.5. The van der Waals surface area contributed by atoms with Gasteiger partial charge in [-0.1, -0.05) is 17.9 Å². The van der Waals surface area contributed by atoms with E-state index in [2.05, 4.69) is 20.4 Å². The molecule has 3 N–H and O–H groups in total. The highest BCUT2D eigenvalue weighted by atomic mass is 16.6. The van der Waals surface area contributed by atoms with E-state index in [-0.39, 0.29) is 23.5 Å². The van der Waals surface area contributed by atoms with Gasteiger partial charge in [-0.25, -0.2) is 0 Å². The molecule has 0 aliphatic heterocycles. The molecule has 3 aromatic rings. The maximum Gasteiger partial charge on any atom is 0.467 e. The molecule has 0 aromatic carbocycles. The monoisotopic (exact) mass is 550 g/mol. The van der Waals surface area contributed by atoms with Crippen LogP contribution in [0.1, 0.15) is 50.6 Å². The Labute approximate surface area is 218 Å². The molecule has 0 unspecified atom stereocenters. The van der Waals surface area contributed by atoms with Crippen LogP contribution in [0.15, 0.2) is 30.7 Å². The highest BCUT2D eigenvalue weighted by Crippen LogP contribution is 2.38. The van der Waals surface area contributed by atoms with Crippen LogP contribution in [-0.2, 0) is 0 Å². The first kappa shape index (κ1) is 28.8. The van der Waals surface area contributed by atoms with Gasteiger partial charge in [0.1, 0.15) is 6.20 Å². The number of aromatic amines is 1. The summed E-state index contributed by atoms with van der Waals surface area (Å²) >= 11 is 0. The molecule has 3 aromatic heterocycles. The smallest absolute Gasteiger partial charge is 0.427 e. The van der Waals surface area contributed by atoms with Gasteiger partial charge >= 0.3 is 30.3 Å². The zero-order chi connectivity index (χ0) is 28.7. The SMILES string of the molecule is O=[N+]([O-])c1ccn(C2CC2)n1.O=[N+]([O-])c1ccn[nH]1.O=[N+]([O-])c1cn(C2CC2)nc1[N+](=O)[O-].OB(O)C1CC1. The van der Waals surface area contributed by atoms with Crippen molar-refractivity contribution in [3.8, 4) is 0 Å². The number of rotatable bonds is 7. The minimum atomic E-state index is -1.04. The summed E-state index contributed by atoms with van der Waals surface area (Å²) in [6.45, 7) is 0. The fourth-order valence-electron chi connectivity index (χ4n) is 2.87. The lowest BCUT2D eigenvalue weighted by molar-refractivity contribution is -0.424. The Morgan fingerprint density at radius 3 is 1.74 bits per heavy atom. The van der Waals surface area contributed by atoms with E-state index >= 15 is 0 Å². The molecule has 20 nitrogen and oxygen atoms in total. The summed E-state index contributed by atoms with van der Waals surface area (Å²) < 4.78 is 2.97. The Morgan fingerprint density at radius 1 is 0.821 bits per heavy atom. The molecule has 0 atom stereocenters. The van der Waals surface area contributed by atoms with E-state index in [0.717, 1.165) is 44.7 Å². The van der Waals surface area contributed by atoms with Crippen LogP contribution in [-0.4, -0.2) is 66.6 Å². The maximum atomic E-state index is 10.4. The van der Waals surface area contributed by atoms with Gasteiger partial charge in [0, 0.05) is 0 Å². The third-order valence-electron chi connectivity index (χ3n) is 5.41. The molecule has 3 aliphatic carbocycles. The van der Waals surface area contributed by atoms with Crippen molar-refractivity contribution in [3.63, 3.8) is 0 Å². The number of nitrogens with one attached hydrogen (secondary N) is 1. The van der Waals surface area contributed by atoms with E-state index in [1.54, 1.807) is 10.9 Å². The fraction of sp³-hybridized carbons (Fsp3) is 0.500. The van der Waals surface area contributed by atoms with Gasteiger partial charge in [-0.2, -0.15) is 9.36 Å². The van der Waals surface area contributed by atoms with Crippen molar-refractivity contribution in [2.75, 3.05) is 0 Å². The summed E-state index contributed by atoms with van der Waals surface area (Å²) in [5.74, 6) is -0.603. The van der Waals surface area contributed by atoms with Gasteiger partial charge in [0.25, 0.3) is 0 Å². The largest absolute Gasteiger partial charge is 0.467 e. The quantitative estimate of drug-likeness (QED) is 0.216.